The first kappa shape index (κ1) is 19.9. The fourth-order valence-corrected chi connectivity index (χ4v) is 4.25. The molecule has 1 aromatic heterocycles. The van der Waals surface area contributed by atoms with Gasteiger partial charge in [-0.05, 0) is 35.4 Å². The van der Waals surface area contributed by atoms with Crippen molar-refractivity contribution in [1.29, 1.82) is 0 Å². The van der Waals surface area contributed by atoms with Gasteiger partial charge in [0.25, 0.3) is 5.91 Å². The molecule has 0 radical (unpaired) electrons. The third-order valence-corrected chi connectivity index (χ3v) is 6.00. The van der Waals surface area contributed by atoms with Crippen molar-refractivity contribution in [3.63, 3.8) is 0 Å². The minimum atomic E-state index is -0.365. The molecule has 3 aromatic carbocycles. The van der Waals surface area contributed by atoms with Gasteiger partial charge >= 0.3 is 0 Å². The SMILES string of the molecule is O=C(NCc1ccccc1Sc1ccccc1CO)c1ccc2cccnc2c1O. The van der Waals surface area contributed by atoms with Gasteiger partial charge in [-0.15, -0.1) is 0 Å². The summed E-state index contributed by atoms with van der Waals surface area (Å²) >= 11 is 1.55. The maximum atomic E-state index is 12.7. The van der Waals surface area contributed by atoms with E-state index in [2.05, 4.69) is 10.3 Å². The number of carbonyl (C=O) groups excluding carboxylic acids is 1. The van der Waals surface area contributed by atoms with Crippen LogP contribution >= 0.6 is 11.8 Å². The van der Waals surface area contributed by atoms with Crippen LogP contribution in [0.4, 0.5) is 0 Å². The molecular weight excluding hydrogens is 396 g/mol. The molecule has 0 bridgehead atoms. The van der Waals surface area contributed by atoms with Gasteiger partial charge in [0.2, 0.25) is 0 Å². The fraction of sp³-hybridized carbons (Fsp3) is 0.0833. The van der Waals surface area contributed by atoms with E-state index in [-0.39, 0.29) is 23.8 Å². The zero-order chi connectivity index (χ0) is 20.9. The highest BCUT2D eigenvalue weighted by atomic mass is 32.2. The standard InChI is InChI=1S/C24H20N2O3S/c27-15-18-7-2-4-10-21(18)30-20-9-3-1-6-17(20)14-26-24(29)19-12-11-16-8-5-13-25-22(16)23(19)28/h1-13,27-28H,14-15H2,(H,26,29). The summed E-state index contributed by atoms with van der Waals surface area (Å²) in [6.07, 6.45) is 1.58. The molecule has 5 nitrogen and oxygen atoms in total. The third kappa shape index (κ3) is 4.15. The van der Waals surface area contributed by atoms with Gasteiger partial charge in [0, 0.05) is 27.9 Å². The minimum Gasteiger partial charge on any atom is -0.505 e. The number of aliphatic hydroxyl groups is 1. The first-order valence-electron chi connectivity index (χ1n) is 9.47. The van der Waals surface area contributed by atoms with Gasteiger partial charge in [-0.1, -0.05) is 60.3 Å². The number of phenolic OH excluding ortho intramolecular Hbond substituents is 1. The second kappa shape index (κ2) is 8.98. The minimum absolute atomic E-state index is 0.0304. The number of carbonyl (C=O) groups is 1. The van der Waals surface area contributed by atoms with Gasteiger partial charge < -0.3 is 15.5 Å². The Morgan fingerprint density at radius 2 is 1.60 bits per heavy atom. The van der Waals surface area contributed by atoms with Crippen LogP contribution in [0, 0.1) is 0 Å². The van der Waals surface area contributed by atoms with Crippen molar-refractivity contribution in [1.82, 2.24) is 10.3 Å². The number of phenols is 1. The maximum Gasteiger partial charge on any atom is 0.255 e. The smallest absolute Gasteiger partial charge is 0.255 e. The monoisotopic (exact) mass is 416 g/mol. The molecule has 1 heterocycles. The van der Waals surface area contributed by atoms with E-state index in [9.17, 15) is 15.0 Å². The Morgan fingerprint density at radius 1 is 0.900 bits per heavy atom. The molecule has 0 saturated carbocycles. The maximum absolute atomic E-state index is 12.7. The van der Waals surface area contributed by atoms with E-state index in [0.717, 1.165) is 26.3 Å². The summed E-state index contributed by atoms with van der Waals surface area (Å²) in [5.74, 6) is -0.485. The van der Waals surface area contributed by atoms with Crippen LogP contribution in [0.3, 0.4) is 0 Å². The first-order valence-corrected chi connectivity index (χ1v) is 10.3. The number of benzene rings is 3. The van der Waals surface area contributed by atoms with Crippen molar-refractivity contribution in [2.24, 2.45) is 0 Å². The predicted octanol–water partition coefficient (Wildman–Crippen LogP) is 4.51. The molecule has 1 amide bonds. The van der Waals surface area contributed by atoms with E-state index in [1.807, 2.05) is 54.6 Å². The van der Waals surface area contributed by atoms with Gasteiger partial charge in [-0.2, -0.15) is 0 Å². The van der Waals surface area contributed by atoms with Crippen LogP contribution in [0.25, 0.3) is 10.9 Å². The molecule has 3 N–H and O–H groups in total. The summed E-state index contributed by atoms with van der Waals surface area (Å²) in [5.41, 5.74) is 2.40. The van der Waals surface area contributed by atoms with Crippen LogP contribution in [-0.4, -0.2) is 21.1 Å². The second-order valence-electron chi connectivity index (χ2n) is 6.70. The Kier molecular flexibility index (Phi) is 5.97. The van der Waals surface area contributed by atoms with E-state index in [1.54, 1.807) is 36.2 Å². The average molecular weight is 417 g/mol. The molecule has 0 atom stereocenters. The summed E-state index contributed by atoms with van der Waals surface area (Å²) in [6.45, 7) is 0.278. The van der Waals surface area contributed by atoms with Crippen LogP contribution < -0.4 is 5.32 Å². The lowest BCUT2D eigenvalue weighted by molar-refractivity contribution is 0.0948. The average Bonchev–Trinajstić information content (AvgIpc) is 2.79. The van der Waals surface area contributed by atoms with Crippen molar-refractivity contribution in [3.8, 4) is 5.75 Å². The number of hydrogen-bond acceptors (Lipinski definition) is 5. The molecular formula is C24H20N2O3S. The lowest BCUT2D eigenvalue weighted by atomic mass is 10.1. The molecule has 0 unspecified atom stereocenters. The number of aromatic hydroxyl groups is 1. The van der Waals surface area contributed by atoms with E-state index in [4.69, 9.17) is 0 Å². The number of hydrogen-bond donors (Lipinski definition) is 3. The molecule has 0 aliphatic rings. The molecule has 0 fully saturated rings. The fourth-order valence-electron chi connectivity index (χ4n) is 3.19. The Hall–Kier alpha value is -3.35. The van der Waals surface area contributed by atoms with Gasteiger partial charge in [0.15, 0.2) is 5.75 Å². The molecule has 4 rings (SSSR count). The van der Waals surface area contributed by atoms with Gasteiger partial charge in [-0.25, -0.2) is 0 Å². The summed E-state index contributed by atoms with van der Waals surface area (Å²) in [6, 6.07) is 22.5. The second-order valence-corrected chi connectivity index (χ2v) is 7.78. The Labute approximate surface area is 178 Å². The Morgan fingerprint density at radius 3 is 2.37 bits per heavy atom. The van der Waals surface area contributed by atoms with E-state index in [1.165, 1.54) is 0 Å². The zero-order valence-electron chi connectivity index (χ0n) is 16.1. The highest BCUT2D eigenvalue weighted by molar-refractivity contribution is 7.99. The number of pyridine rings is 1. The molecule has 30 heavy (non-hydrogen) atoms. The van der Waals surface area contributed by atoms with Gasteiger partial charge in [-0.3, -0.25) is 9.78 Å². The number of nitrogens with one attached hydrogen (secondary N) is 1. The summed E-state index contributed by atoms with van der Waals surface area (Å²) < 4.78 is 0. The van der Waals surface area contributed by atoms with Crippen molar-refractivity contribution < 1.29 is 15.0 Å². The van der Waals surface area contributed by atoms with Crippen molar-refractivity contribution in [2.45, 2.75) is 22.9 Å². The lowest BCUT2D eigenvalue weighted by Crippen LogP contribution is -2.23. The largest absolute Gasteiger partial charge is 0.505 e. The molecule has 150 valence electrons. The van der Waals surface area contributed by atoms with Gasteiger partial charge in [0.05, 0.1) is 12.2 Å². The number of fused-ring (bicyclic) bond motifs is 1. The molecule has 0 spiro atoms. The quantitative estimate of drug-likeness (QED) is 0.431. The van der Waals surface area contributed by atoms with E-state index in [0.29, 0.717) is 12.1 Å². The topological polar surface area (TPSA) is 82.5 Å². The van der Waals surface area contributed by atoms with Crippen molar-refractivity contribution >= 4 is 28.6 Å². The summed E-state index contributed by atoms with van der Waals surface area (Å²) in [7, 11) is 0. The van der Waals surface area contributed by atoms with Crippen molar-refractivity contribution in [3.05, 3.63) is 95.7 Å². The zero-order valence-corrected chi connectivity index (χ0v) is 16.9. The van der Waals surface area contributed by atoms with Crippen LogP contribution in [0.1, 0.15) is 21.5 Å². The highest BCUT2D eigenvalue weighted by Crippen LogP contribution is 2.33. The van der Waals surface area contributed by atoms with Crippen LogP contribution in [0.2, 0.25) is 0 Å². The Bertz CT molecular complexity index is 1210. The van der Waals surface area contributed by atoms with Gasteiger partial charge in [0.1, 0.15) is 5.52 Å². The number of rotatable bonds is 6. The lowest BCUT2D eigenvalue weighted by Gasteiger charge is -2.13. The summed E-state index contributed by atoms with van der Waals surface area (Å²) in [4.78, 5) is 18.8. The van der Waals surface area contributed by atoms with Crippen LogP contribution in [0.15, 0.2) is 88.8 Å². The van der Waals surface area contributed by atoms with E-state index >= 15 is 0 Å². The first-order chi connectivity index (χ1) is 14.7. The van der Waals surface area contributed by atoms with E-state index < -0.39 is 0 Å². The predicted molar refractivity (Wildman–Crippen MR) is 118 cm³/mol. The molecule has 4 aromatic rings. The normalized spacial score (nSPS) is 10.8. The number of aromatic nitrogens is 1. The number of nitrogens with zero attached hydrogens (tertiary/aromatic N) is 1. The van der Waals surface area contributed by atoms with Crippen LogP contribution in [0.5, 0.6) is 5.75 Å². The Balaban J connectivity index is 1.53. The number of amides is 1. The highest BCUT2D eigenvalue weighted by Gasteiger charge is 2.15. The molecule has 0 aliphatic carbocycles. The molecule has 6 heteroatoms. The van der Waals surface area contributed by atoms with Crippen LogP contribution in [-0.2, 0) is 13.2 Å². The molecule has 0 saturated heterocycles. The summed E-state index contributed by atoms with van der Waals surface area (Å²) in [5, 5.41) is 23.7. The third-order valence-electron chi connectivity index (χ3n) is 4.77. The molecule has 0 aliphatic heterocycles. The van der Waals surface area contributed by atoms with Crippen molar-refractivity contribution in [2.75, 3.05) is 0 Å². The number of aliphatic hydroxyl groups excluding tert-OH is 1.